The fourth-order valence-corrected chi connectivity index (χ4v) is 3.69. The Morgan fingerprint density at radius 2 is 1.97 bits per heavy atom. The van der Waals surface area contributed by atoms with Crippen molar-refractivity contribution in [3.05, 3.63) is 54.2 Å². The van der Waals surface area contributed by atoms with Gasteiger partial charge in [-0.1, -0.05) is 70.5 Å². The van der Waals surface area contributed by atoms with Gasteiger partial charge in [-0.25, -0.2) is 4.68 Å². The van der Waals surface area contributed by atoms with Gasteiger partial charge in [0.15, 0.2) is 0 Å². The zero-order valence-electron chi connectivity index (χ0n) is 19.3. The third-order valence-electron chi connectivity index (χ3n) is 5.34. The SMILES string of the molecule is C=C(O)c1cc(OCC(C)(C)C)n(CC(=O)N[C@H]2CCCC[C@@H]2OCc2ccccc2)n1. The first-order chi connectivity index (χ1) is 15.2. The molecule has 0 spiro atoms. The number of aromatic nitrogens is 2. The molecular formula is C25H35N3O4. The van der Waals surface area contributed by atoms with Crippen molar-refractivity contribution in [1.82, 2.24) is 15.1 Å². The molecule has 1 amide bonds. The number of hydrogen-bond acceptors (Lipinski definition) is 5. The number of carbonyl (C=O) groups is 1. The minimum Gasteiger partial charge on any atom is -0.506 e. The van der Waals surface area contributed by atoms with Gasteiger partial charge < -0.3 is 19.9 Å². The zero-order chi connectivity index (χ0) is 23.1. The summed E-state index contributed by atoms with van der Waals surface area (Å²) in [5.74, 6) is 0.108. The number of nitrogens with zero attached hydrogens (tertiary/aromatic N) is 2. The van der Waals surface area contributed by atoms with E-state index in [9.17, 15) is 9.90 Å². The molecule has 1 aliphatic carbocycles. The predicted molar refractivity (Wildman–Crippen MR) is 124 cm³/mol. The Morgan fingerprint density at radius 1 is 1.25 bits per heavy atom. The Balaban J connectivity index is 1.62. The van der Waals surface area contributed by atoms with Crippen LogP contribution >= 0.6 is 0 Å². The van der Waals surface area contributed by atoms with Gasteiger partial charge in [-0.2, -0.15) is 5.10 Å². The lowest BCUT2D eigenvalue weighted by Gasteiger charge is -2.32. The molecule has 2 N–H and O–H groups in total. The maximum atomic E-state index is 12.9. The third-order valence-corrected chi connectivity index (χ3v) is 5.34. The van der Waals surface area contributed by atoms with E-state index in [2.05, 4.69) is 37.8 Å². The molecule has 1 aromatic carbocycles. The van der Waals surface area contributed by atoms with Gasteiger partial charge >= 0.3 is 0 Å². The first-order valence-corrected chi connectivity index (χ1v) is 11.2. The van der Waals surface area contributed by atoms with Crippen LogP contribution in [0.3, 0.4) is 0 Å². The van der Waals surface area contributed by atoms with E-state index in [0.717, 1.165) is 31.2 Å². The van der Waals surface area contributed by atoms with Crippen LogP contribution < -0.4 is 10.1 Å². The minimum atomic E-state index is -0.163. The molecule has 0 aliphatic heterocycles. The summed E-state index contributed by atoms with van der Waals surface area (Å²) in [6, 6.07) is 11.6. The molecule has 32 heavy (non-hydrogen) atoms. The highest BCUT2D eigenvalue weighted by molar-refractivity contribution is 5.76. The average Bonchev–Trinajstić information content (AvgIpc) is 3.15. The molecule has 1 heterocycles. The van der Waals surface area contributed by atoms with Crippen LogP contribution in [0.1, 0.15) is 57.7 Å². The highest BCUT2D eigenvalue weighted by Crippen LogP contribution is 2.24. The van der Waals surface area contributed by atoms with Crippen molar-refractivity contribution in [1.29, 1.82) is 0 Å². The van der Waals surface area contributed by atoms with Crippen LogP contribution in [0, 0.1) is 5.41 Å². The van der Waals surface area contributed by atoms with E-state index in [1.54, 1.807) is 6.07 Å². The standard InChI is InChI=1S/C25H35N3O4/c1-18(29)21-14-24(32-17-25(2,3)4)28(27-21)15-23(30)26-20-12-8-9-13-22(20)31-16-19-10-6-5-7-11-19/h5-7,10-11,14,20,22,29H,1,8-9,12-13,15-17H2,2-4H3,(H,26,30)/t20-,22-/m0/s1. The van der Waals surface area contributed by atoms with Crippen molar-refractivity contribution in [3.63, 3.8) is 0 Å². The summed E-state index contributed by atoms with van der Waals surface area (Å²) in [7, 11) is 0. The average molecular weight is 442 g/mol. The summed E-state index contributed by atoms with van der Waals surface area (Å²) in [4.78, 5) is 12.9. The van der Waals surface area contributed by atoms with Crippen molar-refractivity contribution >= 4 is 11.7 Å². The van der Waals surface area contributed by atoms with Gasteiger partial charge in [0.2, 0.25) is 11.8 Å². The van der Waals surface area contributed by atoms with Crippen LogP contribution in [0.15, 0.2) is 43.0 Å². The number of ether oxygens (including phenoxy) is 2. The quantitative estimate of drug-likeness (QED) is 0.561. The molecule has 2 aromatic rings. The smallest absolute Gasteiger partial charge is 0.242 e. The molecule has 174 valence electrons. The zero-order valence-corrected chi connectivity index (χ0v) is 19.3. The molecule has 0 saturated heterocycles. The molecule has 1 aliphatic rings. The molecule has 0 radical (unpaired) electrons. The van der Waals surface area contributed by atoms with E-state index in [1.807, 2.05) is 30.3 Å². The molecule has 1 saturated carbocycles. The monoisotopic (exact) mass is 441 g/mol. The van der Waals surface area contributed by atoms with Gasteiger partial charge in [0, 0.05) is 6.07 Å². The molecule has 7 nitrogen and oxygen atoms in total. The normalized spacial score (nSPS) is 18.8. The van der Waals surface area contributed by atoms with Crippen LogP contribution in [-0.4, -0.2) is 39.5 Å². The van der Waals surface area contributed by atoms with Crippen molar-refractivity contribution < 1.29 is 19.4 Å². The number of amides is 1. The highest BCUT2D eigenvalue weighted by atomic mass is 16.5. The number of aliphatic hydroxyl groups excluding tert-OH is 1. The number of nitrogens with one attached hydrogen (secondary N) is 1. The second-order valence-electron chi connectivity index (χ2n) is 9.62. The molecular weight excluding hydrogens is 406 g/mol. The molecule has 7 heteroatoms. The van der Waals surface area contributed by atoms with Crippen LogP contribution in [0.4, 0.5) is 0 Å². The van der Waals surface area contributed by atoms with E-state index in [4.69, 9.17) is 9.47 Å². The molecule has 0 bridgehead atoms. The molecule has 2 atom stereocenters. The predicted octanol–water partition coefficient (Wildman–Crippen LogP) is 4.48. The number of aliphatic hydroxyl groups is 1. The lowest BCUT2D eigenvalue weighted by Crippen LogP contribution is -2.47. The Labute approximate surface area is 190 Å². The summed E-state index contributed by atoms with van der Waals surface area (Å²) in [5, 5.41) is 17.1. The molecule has 3 rings (SSSR count). The highest BCUT2D eigenvalue weighted by Gasteiger charge is 2.28. The number of hydrogen-bond donors (Lipinski definition) is 2. The fraction of sp³-hybridized carbons (Fsp3) is 0.520. The van der Waals surface area contributed by atoms with Crippen molar-refractivity contribution in [2.45, 2.75) is 71.8 Å². The van der Waals surface area contributed by atoms with Crippen LogP contribution in [0.25, 0.3) is 5.76 Å². The van der Waals surface area contributed by atoms with Crippen LogP contribution in [0.2, 0.25) is 0 Å². The maximum absolute atomic E-state index is 12.9. The van der Waals surface area contributed by atoms with E-state index in [0.29, 0.717) is 24.8 Å². The summed E-state index contributed by atoms with van der Waals surface area (Å²) in [6.45, 7) is 10.7. The Bertz CT molecular complexity index is 902. The molecule has 1 aromatic heterocycles. The van der Waals surface area contributed by atoms with Crippen molar-refractivity contribution in [2.24, 2.45) is 5.41 Å². The Kier molecular flexibility index (Phi) is 7.96. The van der Waals surface area contributed by atoms with E-state index in [-0.39, 0.29) is 35.8 Å². The number of benzene rings is 1. The van der Waals surface area contributed by atoms with Gasteiger partial charge in [0.25, 0.3) is 0 Å². The van der Waals surface area contributed by atoms with E-state index < -0.39 is 0 Å². The Morgan fingerprint density at radius 3 is 2.66 bits per heavy atom. The van der Waals surface area contributed by atoms with Gasteiger partial charge in [-0.3, -0.25) is 4.79 Å². The second kappa shape index (κ2) is 10.7. The summed E-state index contributed by atoms with van der Waals surface area (Å²) in [5.41, 5.74) is 1.36. The van der Waals surface area contributed by atoms with Gasteiger partial charge in [0.1, 0.15) is 18.0 Å². The summed E-state index contributed by atoms with van der Waals surface area (Å²) < 4.78 is 13.5. The van der Waals surface area contributed by atoms with Crippen LogP contribution in [-0.2, 0) is 22.7 Å². The maximum Gasteiger partial charge on any atom is 0.242 e. The van der Waals surface area contributed by atoms with E-state index in [1.165, 1.54) is 4.68 Å². The first kappa shape index (κ1) is 23.9. The topological polar surface area (TPSA) is 85.6 Å². The summed E-state index contributed by atoms with van der Waals surface area (Å²) >= 11 is 0. The largest absolute Gasteiger partial charge is 0.506 e. The first-order valence-electron chi connectivity index (χ1n) is 11.2. The third kappa shape index (κ3) is 7.12. The molecule has 0 unspecified atom stereocenters. The minimum absolute atomic E-state index is 0.00530. The fourth-order valence-electron chi connectivity index (χ4n) is 3.69. The lowest BCUT2D eigenvalue weighted by molar-refractivity contribution is -0.124. The van der Waals surface area contributed by atoms with Crippen molar-refractivity contribution in [2.75, 3.05) is 6.61 Å². The second-order valence-corrected chi connectivity index (χ2v) is 9.62. The van der Waals surface area contributed by atoms with Crippen LogP contribution in [0.5, 0.6) is 5.88 Å². The van der Waals surface area contributed by atoms with E-state index >= 15 is 0 Å². The van der Waals surface area contributed by atoms with Gasteiger partial charge in [-0.05, 0) is 23.8 Å². The number of rotatable bonds is 9. The Hall–Kier alpha value is -2.80. The lowest BCUT2D eigenvalue weighted by atomic mass is 9.92. The molecule has 1 fully saturated rings. The number of carbonyl (C=O) groups excluding carboxylic acids is 1. The van der Waals surface area contributed by atoms with Gasteiger partial charge in [-0.15, -0.1) is 0 Å². The van der Waals surface area contributed by atoms with Gasteiger partial charge in [0.05, 0.1) is 25.4 Å². The van der Waals surface area contributed by atoms with Crippen molar-refractivity contribution in [3.8, 4) is 5.88 Å². The summed E-state index contributed by atoms with van der Waals surface area (Å²) in [6.07, 6.45) is 3.95.